The van der Waals surface area contributed by atoms with Gasteiger partial charge in [-0.05, 0) is 47.7 Å². The first-order chi connectivity index (χ1) is 16.8. The highest BCUT2D eigenvalue weighted by Crippen LogP contribution is 2.50. The van der Waals surface area contributed by atoms with Crippen LogP contribution in [0.2, 0.25) is 0 Å². The molecule has 36 heavy (non-hydrogen) atoms. The highest BCUT2D eigenvalue weighted by atomic mass is 19.4. The zero-order chi connectivity index (χ0) is 26.3. The van der Waals surface area contributed by atoms with Crippen molar-refractivity contribution in [3.63, 3.8) is 0 Å². The zero-order valence-electron chi connectivity index (χ0n) is 20.2. The summed E-state index contributed by atoms with van der Waals surface area (Å²) in [5, 5.41) is 9.00. The number of amides is 2. The van der Waals surface area contributed by atoms with Gasteiger partial charge >= 0.3 is 6.18 Å². The topological polar surface area (TPSA) is 110 Å². The fourth-order valence-electron chi connectivity index (χ4n) is 3.69. The molecule has 4 rings (SSSR count). The van der Waals surface area contributed by atoms with Crippen LogP contribution in [0.15, 0.2) is 41.1 Å². The maximum atomic E-state index is 12.7. The molecule has 190 valence electrons. The van der Waals surface area contributed by atoms with E-state index >= 15 is 0 Å². The predicted molar refractivity (Wildman–Crippen MR) is 125 cm³/mol. The van der Waals surface area contributed by atoms with E-state index in [1.54, 1.807) is 12.1 Å². The number of aryl methyl sites for hydroxylation is 1. The molecule has 1 aliphatic rings. The van der Waals surface area contributed by atoms with Crippen molar-refractivity contribution >= 4 is 17.6 Å². The molecule has 0 radical (unpaired) electrons. The number of carbonyl (C=O) groups excluding carboxylic acids is 2. The van der Waals surface area contributed by atoms with Crippen LogP contribution in [-0.2, 0) is 16.8 Å². The van der Waals surface area contributed by atoms with Crippen LogP contribution in [-0.4, -0.2) is 33.1 Å². The number of pyridine rings is 1. The van der Waals surface area contributed by atoms with Gasteiger partial charge in [0, 0.05) is 18.2 Å². The number of benzene rings is 1. The molecule has 1 aliphatic carbocycles. The molecule has 11 heteroatoms. The molecule has 3 aromatic rings. The molecule has 0 saturated heterocycles. The molecule has 0 aliphatic heterocycles. The van der Waals surface area contributed by atoms with Gasteiger partial charge in [-0.3, -0.25) is 9.59 Å². The average Bonchev–Trinajstić information content (AvgIpc) is 3.47. The largest absolute Gasteiger partial charge is 0.392 e. The van der Waals surface area contributed by atoms with Crippen molar-refractivity contribution < 1.29 is 27.3 Å². The number of anilines is 1. The van der Waals surface area contributed by atoms with Crippen molar-refractivity contribution in [1.29, 1.82) is 0 Å². The summed E-state index contributed by atoms with van der Waals surface area (Å²) in [4.78, 5) is 32.8. The third-order valence-electron chi connectivity index (χ3n) is 5.94. The Kier molecular flexibility index (Phi) is 6.59. The van der Waals surface area contributed by atoms with Gasteiger partial charge in [-0.1, -0.05) is 44.1 Å². The minimum atomic E-state index is -4.36. The van der Waals surface area contributed by atoms with Gasteiger partial charge in [0.2, 0.25) is 11.8 Å². The second-order valence-electron chi connectivity index (χ2n) is 9.91. The lowest BCUT2D eigenvalue weighted by molar-refractivity contribution is -0.153. The van der Waals surface area contributed by atoms with Crippen LogP contribution in [0.1, 0.15) is 54.8 Å². The van der Waals surface area contributed by atoms with E-state index in [0.717, 1.165) is 22.3 Å². The van der Waals surface area contributed by atoms with Crippen LogP contribution in [0.25, 0.3) is 11.1 Å². The van der Waals surface area contributed by atoms with Crippen molar-refractivity contribution in [1.82, 2.24) is 20.4 Å². The Balaban J connectivity index is 1.39. The van der Waals surface area contributed by atoms with Crippen LogP contribution in [0.5, 0.6) is 0 Å². The van der Waals surface area contributed by atoms with E-state index in [1.807, 2.05) is 45.9 Å². The molecule has 2 atom stereocenters. The van der Waals surface area contributed by atoms with Gasteiger partial charge < -0.3 is 15.2 Å². The quantitative estimate of drug-likeness (QED) is 0.502. The molecular weight excluding hydrogens is 475 g/mol. The Morgan fingerprint density at radius 1 is 1.11 bits per heavy atom. The number of alkyl halides is 3. The van der Waals surface area contributed by atoms with Crippen LogP contribution in [0.4, 0.5) is 19.0 Å². The van der Waals surface area contributed by atoms with Crippen LogP contribution >= 0.6 is 0 Å². The molecule has 2 heterocycles. The van der Waals surface area contributed by atoms with Crippen LogP contribution in [0.3, 0.4) is 0 Å². The maximum Gasteiger partial charge on any atom is 0.392 e. The van der Waals surface area contributed by atoms with Crippen LogP contribution in [0, 0.1) is 18.8 Å². The summed E-state index contributed by atoms with van der Waals surface area (Å²) in [6.07, 6.45) is -3.08. The molecule has 0 spiro atoms. The van der Waals surface area contributed by atoms with Crippen molar-refractivity contribution in [2.24, 2.45) is 11.8 Å². The minimum Gasteiger partial charge on any atom is -0.345 e. The molecule has 2 N–H and O–H groups in total. The Bertz CT molecular complexity index is 1300. The van der Waals surface area contributed by atoms with E-state index in [-0.39, 0.29) is 30.0 Å². The maximum absolute atomic E-state index is 12.7. The highest BCUT2D eigenvalue weighted by Gasteiger charge is 2.58. The van der Waals surface area contributed by atoms with E-state index in [9.17, 15) is 22.8 Å². The van der Waals surface area contributed by atoms with Gasteiger partial charge in [0.15, 0.2) is 0 Å². The third kappa shape index (κ3) is 5.72. The molecule has 1 fully saturated rings. The molecule has 2 aromatic heterocycles. The van der Waals surface area contributed by atoms with Gasteiger partial charge in [0.25, 0.3) is 11.7 Å². The molecule has 1 aromatic carbocycles. The Labute approximate surface area is 205 Å². The van der Waals surface area contributed by atoms with Gasteiger partial charge in [0.05, 0.1) is 11.8 Å². The molecular formula is C25H26F3N5O3. The lowest BCUT2D eigenvalue weighted by Gasteiger charge is -2.11. The fourth-order valence-corrected chi connectivity index (χ4v) is 3.69. The van der Waals surface area contributed by atoms with Crippen molar-refractivity contribution in [3.05, 3.63) is 59.4 Å². The van der Waals surface area contributed by atoms with Gasteiger partial charge in [-0.2, -0.15) is 18.2 Å². The summed E-state index contributed by atoms with van der Waals surface area (Å²) in [5.74, 6) is -3.26. The summed E-state index contributed by atoms with van der Waals surface area (Å²) in [6.45, 7) is 7.87. The number of halogens is 3. The molecule has 1 saturated carbocycles. The Morgan fingerprint density at radius 2 is 1.83 bits per heavy atom. The molecule has 0 unspecified atom stereocenters. The monoisotopic (exact) mass is 501 g/mol. The summed E-state index contributed by atoms with van der Waals surface area (Å²) in [6, 6.07) is 8.97. The molecule has 2 amide bonds. The normalized spacial score (nSPS) is 17.5. The smallest absolute Gasteiger partial charge is 0.345 e. The van der Waals surface area contributed by atoms with E-state index in [2.05, 4.69) is 25.8 Å². The first-order valence-corrected chi connectivity index (χ1v) is 11.4. The zero-order valence-corrected chi connectivity index (χ0v) is 20.2. The van der Waals surface area contributed by atoms with Gasteiger partial charge in [-0.25, -0.2) is 4.98 Å². The van der Waals surface area contributed by atoms with E-state index in [4.69, 9.17) is 4.52 Å². The fraction of sp³-hybridized carbons (Fsp3) is 0.400. The lowest BCUT2D eigenvalue weighted by atomic mass is 9.97. The number of carbonyl (C=O) groups is 2. The van der Waals surface area contributed by atoms with Crippen molar-refractivity contribution in [2.75, 3.05) is 5.32 Å². The highest BCUT2D eigenvalue weighted by molar-refractivity contribution is 5.94. The third-order valence-corrected chi connectivity index (χ3v) is 5.94. The average molecular weight is 502 g/mol. The number of hydrogen-bond donors (Lipinski definition) is 2. The van der Waals surface area contributed by atoms with E-state index < -0.39 is 29.8 Å². The molecule has 0 bridgehead atoms. The number of nitrogens with one attached hydrogen (secondary N) is 2. The SMILES string of the molecule is Cc1cc(-c2ccnc(NC(=O)[C@H]3C[C@H]3C(F)(F)F)c2)ccc1CNC(=O)c1noc(C(C)(C)C)n1. The second-order valence-corrected chi connectivity index (χ2v) is 9.91. The first-order valence-electron chi connectivity index (χ1n) is 11.4. The van der Waals surface area contributed by atoms with Crippen molar-refractivity contribution in [3.8, 4) is 11.1 Å². The van der Waals surface area contributed by atoms with Gasteiger partial charge in [-0.15, -0.1) is 0 Å². The Morgan fingerprint density at radius 3 is 2.44 bits per heavy atom. The Hall–Kier alpha value is -3.76. The number of aromatic nitrogens is 3. The second kappa shape index (κ2) is 9.36. The first kappa shape index (κ1) is 25.3. The number of hydrogen-bond acceptors (Lipinski definition) is 6. The number of nitrogens with zero attached hydrogens (tertiary/aromatic N) is 3. The standard InChI is InChI=1S/C25H26F3N5O3/c1-13-9-14(5-6-16(13)12-30-22(35)20-32-23(36-33-20)24(2,3)4)15-7-8-29-19(10-15)31-21(34)17-11-18(17)25(26,27)28/h5-10,17-18H,11-12H2,1-4H3,(H,30,35)(H,29,31,34)/t17-,18+/m0/s1. The number of rotatable bonds is 6. The van der Waals surface area contributed by atoms with Crippen LogP contribution < -0.4 is 10.6 Å². The van der Waals surface area contributed by atoms with E-state index in [0.29, 0.717) is 5.89 Å². The molecule has 8 nitrogen and oxygen atoms in total. The summed E-state index contributed by atoms with van der Waals surface area (Å²) < 4.78 is 43.4. The summed E-state index contributed by atoms with van der Waals surface area (Å²) in [5.41, 5.74) is 2.99. The minimum absolute atomic E-state index is 0.0340. The van der Waals surface area contributed by atoms with Crippen molar-refractivity contribution in [2.45, 2.75) is 52.3 Å². The van der Waals surface area contributed by atoms with E-state index in [1.165, 1.54) is 6.20 Å². The van der Waals surface area contributed by atoms with Gasteiger partial charge in [0.1, 0.15) is 5.82 Å². The lowest BCUT2D eigenvalue weighted by Crippen LogP contribution is -2.24. The predicted octanol–water partition coefficient (Wildman–Crippen LogP) is 4.80. The summed E-state index contributed by atoms with van der Waals surface area (Å²) >= 11 is 0. The summed E-state index contributed by atoms with van der Waals surface area (Å²) in [7, 11) is 0.